The van der Waals surface area contributed by atoms with E-state index in [9.17, 15) is 5.11 Å². The molecular weight excluding hydrogens is 208 g/mol. The lowest BCUT2D eigenvalue weighted by Gasteiger charge is -2.08. The van der Waals surface area contributed by atoms with Crippen LogP contribution in [0.3, 0.4) is 0 Å². The predicted octanol–water partition coefficient (Wildman–Crippen LogP) is 1.96. The summed E-state index contributed by atoms with van der Waals surface area (Å²) in [5, 5.41) is 15.9. The summed E-state index contributed by atoms with van der Waals surface area (Å²) < 4.78 is 0. The van der Waals surface area contributed by atoms with Crippen molar-refractivity contribution >= 4 is 34.6 Å². The van der Waals surface area contributed by atoms with E-state index in [-0.39, 0.29) is 5.75 Å². The first-order valence-electron chi connectivity index (χ1n) is 3.60. The van der Waals surface area contributed by atoms with E-state index in [0.29, 0.717) is 15.8 Å². The molecule has 0 fully saturated rings. The lowest BCUT2D eigenvalue weighted by atomic mass is 10.3. The second-order valence-corrected chi connectivity index (χ2v) is 3.21. The predicted molar refractivity (Wildman–Crippen MR) is 58.4 cm³/mol. The molecule has 3 N–H and O–H groups in total. The molecule has 0 saturated heterocycles. The number of thiocarbonyl (C=S) groups is 1. The summed E-state index contributed by atoms with van der Waals surface area (Å²) in [4.78, 5) is 0. The smallest absolute Gasteiger partial charge is 0.170 e. The van der Waals surface area contributed by atoms with Gasteiger partial charge in [-0.1, -0.05) is 11.6 Å². The molecule has 0 heterocycles. The van der Waals surface area contributed by atoms with Gasteiger partial charge in [-0.05, 0) is 24.4 Å². The van der Waals surface area contributed by atoms with Crippen LogP contribution in [0.25, 0.3) is 0 Å². The zero-order valence-electron chi connectivity index (χ0n) is 6.97. The molecule has 0 atom stereocenters. The van der Waals surface area contributed by atoms with Gasteiger partial charge >= 0.3 is 0 Å². The van der Waals surface area contributed by atoms with E-state index in [1.165, 1.54) is 6.07 Å². The molecule has 5 heteroatoms. The van der Waals surface area contributed by atoms with E-state index < -0.39 is 0 Å². The second kappa shape index (κ2) is 4.30. The third-order valence-electron chi connectivity index (χ3n) is 1.44. The molecule has 1 aromatic rings. The molecule has 3 nitrogen and oxygen atoms in total. The van der Waals surface area contributed by atoms with Crippen LogP contribution in [0.5, 0.6) is 5.75 Å². The number of aromatic hydroxyl groups is 1. The minimum absolute atomic E-state index is 0.0742. The zero-order chi connectivity index (χ0) is 9.84. The van der Waals surface area contributed by atoms with Crippen molar-refractivity contribution in [1.82, 2.24) is 5.32 Å². The molecule has 1 rings (SSSR count). The van der Waals surface area contributed by atoms with Crippen molar-refractivity contribution in [1.29, 1.82) is 0 Å². The van der Waals surface area contributed by atoms with Crippen LogP contribution in [0.15, 0.2) is 18.2 Å². The second-order valence-electron chi connectivity index (χ2n) is 2.37. The molecule has 0 aliphatic heterocycles. The van der Waals surface area contributed by atoms with Crippen LogP contribution >= 0.6 is 23.8 Å². The Labute approximate surface area is 86.7 Å². The van der Waals surface area contributed by atoms with E-state index in [4.69, 9.17) is 23.8 Å². The maximum absolute atomic E-state index is 9.40. The fourth-order valence-electron chi connectivity index (χ4n) is 0.795. The maximum atomic E-state index is 9.40. The van der Waals surface area contributed by atoms with Crippen molar-refractivity contribution in [3.63, 3.8) is 0 Å². The average molecular weight is 217 g/mol. The number of hydrogen-bond donors (Lipinski definition) is 3. The van der Waals surface area contributed by atoms with Crippen molar-refractivity contribution in [3.8, 4) is 5.75 Å². The number of halogens is 1. The van der Waals surface area contributed by atoms with Gasteiger partial charge < -0.3 is 15.7 Å². The number of nitrogens with one attached hydrogen (secondary N) is 2. The quantitative estimate of drug-likeness (QED) is 0.496. The minimum Gasteiger partial charge on any atom is -0.506 e. The molecular formula is C8H9ClN2OS. The van der Waals surface area contributed by atoms with Gasteiger partial charge in [0.25, 0.3) is 0 Å². The summed E-state index contributed by atoms with van der Waals surface area (Å²) in [5.74, 6) is 0.0742. The maximum Gasteiger partial charge on any atom is 0.170 e. The van der Waals surface area contributed by atoms with Crippen molar-refractivity contribution < 1.29 is 5.11 Å². The van der Waals surface area contributed by atoms with Gasteiger partial charge in [-0.3, -0.25) is 0 Å². The van der Waals surface area contributed by atoms with E-state index >= 15 is 0 Å². The first-order valence-corrected chi connectivity index (χ1v) is 4.39. The zero-order valence-corrected chi connectivity index (χ0v) is 8.54. The monoisotopic (exact) mass is 216 g/mol. The van der Waals surface area contributed by atoms with Crippen molar-refractivity contribution in [2.75, 3.05) is 12.4 Å². The Bertz CT molecular complexity index is 330. The molecule has 0 saturated carbocycles. The van der Waals surface area contributed by atoms with Crippen LogP contribution in [-0.4, -0.2) is 17.3 Å². The Kier molecular flexibility index (Phi) is 3.33. The Morgan fingerprint density at radius 3 is 2.77 bits per heavy atom. The SMILES string of the molecule is CNC(=S)Nc1ccc(Cl)cc1O. The van der Waals surface area contributed by atoms with Crippen LogP contribution < -0.4 is 10.6 Å². The summed E-state index contributed by atoms with van der Waals surface area (Å²) >= 11 is 10.5. The highest BCUT2D eigenvalue weighted by atomic mass is 35.5. The standard InChI is InChI=1S/C8H9ClN2OS/c1-10-8(13)11-6-3-2-5(9)4-7(6)12/h2-4,12H,1H3,(H2,10,11,13). The largest absolute Gasteiger partial charge is 0.506 e. The molecule has 0 aliphatic carbocycles. The number of hydrogen-bond acceptors (Lipinski definition) is 2. The number of rotatable bonds is 1. The molecule has 0 bridgehead atoms. The Hall–Kier alpha value is -1.00. The van der Waals surface area contributed by atoms with Gasteiger partial charge in [0.2, 0.25) is 0 Å². The van der Waals surface area contributed by atoms with Crippen molar-refractivity contribution in [2.45, 2.75) is 0 Å². The van der Waals surface area contributed by atoms with Gasteiger partial charge in [0.15, 0.2) is 5.11 Å². The van der Waals surface area contributed by atoms with E-state index in [1.807, 2.05) is 0 Å². The van der Waals surface area contributed by atoms with Crippen molar-refractivity contribution in [2.24, 2.45) is 0 Å². The third kappa shape index (κ3) is 2.75. The molecule has 0 amide bonds. The third-order valence-corrected chi connectivity index (χ3v) is 1.98. The summed E-state index contributed by atoms with van der Waals surface area (Å²) in [6.07, 6.45) is 0. The molecule has 1 aromatic carbocycles. The van der Waals surface area contributed by atoms with Gasteiger partial charge in [0, 0.05) is 18.1 Å². The highest BCUT2D eigenvalue weighted by Crippen LogP contribution is 2.26. The van der Waals surface area contributed by atoms with E-state index in [1.54, 1.807) is 19.2 Å². The first kappa shape index (κ1) is 10.1. The summed E-state index contributed by atoms with van der Waals surface area (Å²) in [5.41, 5.74) is 0.531. The highest BCUT2D eigenvalue weighted by Gasteiger charge is 2.01. The minimum atomic E-state index is 0.0742. The van der Waals surface area contributed by atoms with Gasteiger partial charge in [0.1, 0.15) is 5.75 Å². The molecule has 0 radical (unpaired) electrons. The molecule has 0 unspecified atom stereocenters. The molecule has 0 aliphatic rings. The lowest BCUT2D eigenvalue weighted by molar-refractivity contribution is 0.478. The average Bonchev–Trinajstić information content (AvgIpc) is 2.09. The van der Waals surface area contributed by atoms with Crippen LogP contribution in [0.2, 0.25) is 5.02 Å². The van der Waals surface area contributed by atoms with Gasteiger partial charge in [-0.2, -0.15) is 0 Å². The van der Waals surface area contributed by atoms with Crippen LogP contribution in [0.4, 0.5) is 5.69 Å². The highest BCUT2D eigenvalue weighted by molar-refractivity contribution is 7.80. The Balaban J connectivity index is 2.83. The van der Waals surface area contributed by atoms with E-state index in [2.05, 4.69) is 10.6 Å². The van der Waals surface area contributed by atoms with E-state index in [0.717, 1.165) is 0 Å². The van der Waals surface area contributed by atoms with Crippen LogP contribution in [0, 0.1) is 0 Å². The fraction of sp³-hybridized carbons (Fsp3) is 0.125. The molecule has 0 aromatic heterocycles. The number of benzene rings is 1. The van der Waals surface area contributed by atoms with Gasteiger partial charge in [-0.25, -0.2) is 0 Å². The molecule has 13 heavy (non-hydrogen) atoms. The molecule has 70 valence electrons. The van der Waals surface area contributed by atoms with Crippen LogP contribution in [-0.2, 0) is 0 Å². The normalized spacial score (nSPS) is 9.38. The topological polar surface area (TPSA) is 44.3 Å². The summed E-state index contributed by atoms with van der Waals surface area (Å²) in [6, 6.07) is 4.77. The number of anilines is 1. The summed E-state index contributed by atoms with van der Waals surface area (Å²) in [6.45, 7) is 0. The van der Waals surface area contributed by atoms with Gasteiger partial charge in [0.05, 0.1) is 5.69 Å². The lowest BCUT2D eigenvalue weighted by Crippen LogP contribution is -2.24. The number of phenolic OH excluding ortho intramolecular Hbond substituents is 1. The van der Waals surface area contributed by atoms with Gasteiger partial charge in [-0.15, -0.1) is 0 Å². The number of phenols is 1. The first-order chi connectivity index (χ1) is 6.13. The van der Waals surface area contributed by atoms with Crippen molar-refractivity contribution in [3.05, 3.63) is 23.2 Å². The van der Waals surface area contributed by atoms with Crippen LogP contribution in [0.1, 0.15) is 0 Å². The fourth-order valence-corrected chi connectivity index (χ4v) is 1.07. The molecule has 0 spiro atoms. The summed E-state index contributed by atoms with van der Waals surface area (Å²) in [7, 11) is 1.70. The Morgan fingerprint density at radius 1 is 1.54 bits per heavy atom. The Morgan fingerprint density at radius 2 is 2.23 bits per heavy atom.